The molecule has 0 amide bonds. The molecule has 0 fully saturated rings. The van der Waals surface area contributed by atoms with Crippen molar-refractivity contribution in [1.29, 1.82) is 0 Å². The predicted molar refractivity (Wildman–Crippen MR) is 52.8 cm³/mol. The number of rotatable bonds is 4. The zero-order chi connectivity index (χ0) is 9.68. The Hall–Kier alpha value is -0.640. The van der Waals surface area contributed by atoms with Crippen molar-refractivity contribution in [2.45, 2.75) is 12.5 Å². The molecule has 0 spiro atoms. The van der Waals surface area contributed by atoms with Crippen LogP contribution in [0.25, 0.3) is 0 Å². The number of nitrogens with zero attached hydrogens (tertiary/aromatic N) is 1. The predicted octanol–water partition coefficient (Wildman–Crippen LogP) is 1.38. The molecule has 0 saturated heterocycles. The third-order valence-electron chi connectivity index (χ3n) is 1.92. The number of aromatic nitrogens is 1. The number of aliphatic hydroxyl groups excluding tert-OH is 1. The van der Waals surface area contributed by atoms with Gasteiger partial charge in [-0.3, -0.25) is 0 Å². The van der Waals surface area contributed by atoms with E-state index < -0.39 is 0 Å². The van der Waals surface area contributed by atoms with Gasteiger partial charge in [0.2, 0.25) is 0 Å². The van der Waals surface area contributed by atoms with Gasteiger partial charge in [-0.2, -0.15) is 0 Å². The molecule has 0 aliphatic carbocycles. The van der Waals surface area contributed by atoms with Crippen molar-refractivity contribution in [2.75, 3.05) is 13.7 Å². The van der Waals surface area contributed by atoms with Crippen LogP contribution < -0.4 is 5.32 Å². The van der Waals surface area contributed by atoms with Crippen LogP contribution in [0.4, 0.5) is 0 Å². The Balaban J connectivity index is 2.78. The highest BCUT2D eigenvalue weighted by atomic mass is 35.5. The summed E-state index contributed by atoms with van der Waals surface area (Å²) in [5.74, 6) is 0. The number of halogens is 1. The van der Waals surface area contributed by atoms with Gasteiger partial charge in [-0.1, -0.05) is 11.6 Å². The molecular formula is C9H13ClN2O. The number of aliphatic hydroxyl groups is 1. The van der Waals surface area contributed by atoms with Crippen LogP contribution in [0.3, 0.4) is 0 Å². The van der Waals surface area contributed by atoms with E-state index in [9.17, 15) is 0 Å². The van der Waals surface area contributed by atoms with E-state index in [1.54, 1.807) is 12.3 Å². The molecule has 0 aromatic carbocycles. The Labute approximate surface area is 82.8 Å². The maximum Gasteiger partial charge on any atom is 0.129 e. The largest absolute Gasteiger partial charge is 0.396 e. The van der Waals surface area contributed by atoms with Crippen molar-refractivity contribution >= 4 is 11.6 Å². The number of hydrogen-bond acceptors (Lipinski definition) is 3. The van der Waals surface area contributed by atoms with E-state index in [-0.39, 0.29) is 12.6 Å². The lowest BCUT2D eigenvalue weighted by atomic mass is 10.1. The molecule has 1 rings (SSSR count). The molecule has 0 saturated carbocycles. The molecule has 2 N–H and O–H groups in total. The maximum absolute atomic E-state index is 8.81. The molecule has 13 heavy (non-hydrogen) atoms. The first kappa shape index (κ1) is 10.4. The molecule has 1 aromatic heterocycles. The van der Waals surface area contributed by atoms with E-state index in [4.69, 9.17) is 16.7 Å². The van der Waals surface area contributed by atoms with Gasteiger partial charge in [0, 0.05) is 18.8 Å². The molecule has 0 unspecified atom stereocenters. The van der Waals surface area contributed by atoms with Crippen LogP contribution in [0.1, 0.15) is 18.0 Å². The third-order valence-corrected chi connectivity index (χ3v) is 2.13. The zero-order valence-electron chi connectivity index (χ0n) is 7.50. The van der Waals surface area contributed by atoms with E-state index in [2.05, 4.69) is 10.3 Å². The Morgan fingerprint density at radius 1 is 1.69 bits per heavy atom. The highest BCUT2D eigenvalue weighted by Gasteiger charge is 2.08. The average Bonchev–Trinajstić information content (AvgIpc) is 2.14. The van der Waals surface area contributed by atoms with Gasteiger partial charge in [-0.15, -0.1) is 0 Å². The maximum atomic E-state index is 8.81. The third kappa shape index (κ3) is 2.95. The van der Waals surface area contributed by atoms with Crippen LogP contribution in [-0.4, -0.2) is 23.7 Å². The SMILES string of the molecule is CN[C@@H](CCO)c1ccnc(Cl)c1. The van der Waals surface area contributed by atoms with Gasteiger partial charge in [-0.05, 0) is 31.2 Å². The number of nitrogens with one attached hydrogen (secondary N) is 1. The molecule has 0 radical (unpaired) electrons. The molecule has 1 heterocycles. The lowest BCUT2D eigenvalue weighted by Crippen LogP contribution is -2.17. The van der Waals surface area contributed by atoms with Crippen LogP contribution in [0.2, 0.25) is 5.15 Å². The van der Waals surface area contributed by atoms with E-state index in [1.165, 1.54) is 0 Å². The summed E-state index contributed by atoms with van der Waals surface area (Å²) in [6, 6.07) is 3.84. The minimum Gasteiger partial charge on any atom is -0.396 e. The minimum absolute atomic E-state index is 0.144. The molecule has 72 valence electrons. The van der Waals surface area contributed by atoms with Crippen molar-refractivity contribution < 1.29 is 5.11 Å². The quantitative estimate of drug-likeness (QED) is 0.722. The molecule has 3 nitrogen and oxygen atoms in total. The molecule has 0 bridgehead atoms. The standard InChI is InChI=1S/C9H13ClN2O/c1-11-8(3-5-13)7-2-4-12-9(10)6-7/h2,4,6,8,11,13H,3,5H2,1H3/t8-/m0/s1. The summed E-state index contributed by atoms with van der Waals surface area (Å²) in [4.78, 5) is 3.89. The topological polar surface area (TPSA) is 45.1 Å². The fourth-order valence-electron chi connectivity index (χ4n) is 1.24. The summed E-state index contributed by atoms with van der Waals surface area (Å²) in [6.45, 7) is 0.158. The first-order valence-electron chi connectivity index (χ1n) is 4.17. The second-order valence-electron chi connectivity index (χ2n) is 2.77. The van der Waals surface area contributed by atoms with Crippen molar-refractivity contribution in [3.8, 4) is 0 Å². The number of hydrogen-bond donors (Lipinski definition) is 2. The summed E-state index contributed by atoms with van der Waals surface area (Å²) in [7, 11) is 1.86. The summed E-state index contributed by atoms with van der Waals surface area (Å²) in [6.07, 6.45) is 2.34. The second kappa shape index (κ2) is 5.17. The highest BCUT2D eigenvalue weighted by Crippen LogP contribution is 2.17. The summed E-state index contributed by atoms with van der Waals surface area (Å²) < 4.78 is 0. The molecule has 0 aliphatic heterocycles. The average molecular weight is 201 g/mol. The Morgan fingerprint density at radius 2 is 2.46 bits per heavy atom. The van der Waals surface area contributed by atoms with Crippen LogP contribution >= 0.6 is 11.6 Å². The fourth-order valence-corrected chi connectivity index (χ4v) is 1.42. The molecular weight excluding hydrogens is 188 g/mol. The second-order valence-corrected chi connectivity index (χ2v) is 3.15. The Bertz CT molecular complexity index is 268. The van der Waals surface area contributed by atoms with E-state index in [0.29, 0.717) is 11.6 Å². The summed E-state index contributed by atoms with van der Waals surface area (Å²) in [5.41, 5.74) is 1.05. The van der Waals surface area contributed by atoms with Gasteiger partial charge < -0.3 is 10.4 Å². The minimum atomic E-state index is 0.144. The van der Waals surface area contributed by atoms with Crippen molar-refractivity contribution in [3.63, 3.8) is 0 Å². The van der Waals surface area contributed by atoms with Crippen LogP contribution in [0, 0.1) is 0 Å². The van der Waals surface area contributed by atoms with Gasteiger partial charge in [0.25, 0.3) is 0 Å². The van der Waals surface area contributed by atoms with Crippen molar-refractivity contribution in [3.05, 3.63) is 29.0 Å². The van der Waals surface area contributed by atoms with Crippen LogP contribution in [0.15, 0.2) is 18.3 Å². The zero-order valence-corrected chi connectivity index (χ0v) is 8.25. The fraction of sp³-hybridized carbons (Fsp3) is 0.444. The molecule has 4 heteroatoms. The van der Waals surface area contributed by atoms with E-state index in [0.717, 1.165) is 5.56 Å². The highest BCUT2D eigenvalue weighted by molar-refractivity contribution is 6.29. The van der Waals surface area contributed by atoms with Gasteiger partial charge >= 0.3 is 0 Å². The summed E-state index contributed by atoms with van der Waals surface area (Å²) >= 11 is 5.74. The first-order chi connectivity index (χ1) is 6.27. The molecule has 1 aromatic rings. The molecule has 0 aliphatic rings. The Morgan fingerprint density at radius 3 is 3.00 bits per heavy atom. The van der Waals surface area contributed by atoms with E-state index in [1.807, 2.05) is 13.1 Å². The number of pyridine rings is 1. The van der Waals surface area contributed by atoms with Gasteiger partial charge in [-0.25, -0.2) is 4.98 Å². The van der Waals surface area contributed by atoms with Gasteiger partial charge in [0.05, 0.1) is 0 Å². The van der Waals surface area contributed by atoms with Crippen molar-refractivity contribution in [1.82, 2.24) is 10.3 Å². The monoisotopic (exact) mass is 200 g/mol. The van der Waals surface area contributed by atoms with Crippen LogP contribution in [0.5, 0.6) is 0 Å². The Kier molecular flexibility index (Phi) is 4.15. The van der Waals surface area contributed by atoms with E-state index >= 15 is 0 Å². The summed E-state index contributed by atoms with van der Waals surface area (Å²) in [5, 5.41) is 12.4. The van der Waals surface area contributed by atoms with Crippen LogP contribution in [-0.2, 0) is 0 Å². The first-order valence-corrected chi connectivity index (χ1v) is 4.55. The van der Waals surface area contributed by atoms with Gasteiger partial charge in [0.15, 0.2) is 0 Å². The lowest BCUT2D eigenvalue weighted by molar-refractivity contribution is 0.269. The van der Waals surface area contributed by atoms with Crippen molar-refractivity contribution in [2.24, 2.45) is 0 Å². The molecule has 1 atom stereocenters. The normalized spacial score (nSPS) is 12.8. The smallest absolute Gasteiger partial charge is 0.129 e. The van der Waals surface area contributed by atoms with Gasteiger partial charge in [0.1, 0.15) is 5.15 Å². The lowest BCUT2D eigenvalue weighted by Gasteiger charge is -2.14.